The Morgan fingerprint density at radius 3 is 2.87 bits per heavy atom. The molecule has 0 bridgehead atoms. The lowest BCUT2D eigenvalue weighted by Crippen LogP contribution is -1.97. The molecule has 0 N–H and O–H groups in total. The van der Waals surface area contributed by atoms with Gasteiger partial charge in [0.05, 0.1) is 17.5 Å². The lowest BCUT2D eigenvalue weighted by Gasteiger charge is -2.09. The van der Waals surface area contributed by atoms with Crippen molar-refractivity contribution in [2.45, 2.75) is 25.6 Å². The maximum absolute atomic E-state index is 6.20. The number of para-hydroxylation sites is 1. The Kier molecular flexibility index (Phi) is 6.25. The predicted molar refractivity (Wildman–Crippen MR) is 116 cm³/mol. The monoisotopic (exact) mass is 442 g/mol. The lowest BCUT2D eigenvalue weighted by atomic mass is 10.2. The van der Waals surface area contributed by atoms with Crippen LogP contribution in [0.25, 0.3) is 11.6 Å². The summed E-state index contributed by atoms with van der Waals surface area (Å²) < 4.78 is 18.7. The predicted octanol–water partition coefficient (Wildman–Crippen LogP) is 5.67. The Morgan fingerprint density at radius 1 is 1.20 bits per heavy atom. The molecule has 1 aromatic carbocycles. The van der Waals surface area contributed by atoms with Crippen LogP contribution in [0.5, 0.6) is 5.75 Å². The number of nitrogens with zero attached hydrogens (tertiary/aromatic N) is 4. The summed E-state index contributed by atoms with van der Waals surface area (Å²) in [5.41, 5.74) is 0.967. The average molecular weight is 443 g/mol. The Hall–Kier alpha value is -2.97. The van der Waals surface area contributed by atoms with Crippen molar-refractivity contribution in [2.75, 3.05) is 5.75 Å². The molecule has 0 amide bonds. The number of rotatable bonds is 8. The van der Waals surface area contributed by atoms with Gasteiger partial charge in [-0.3, -0.25) is 0 Å². The van der Waals surface area contributed by atoms with Gasteiger partial charge >= 0.3 is 0 Å². The first kappa shape index (κ1) is 20.3. The van der Waals surface area contributed by atoms with Crippen LogP contribution in [0.15, 0.2) is 67.8 Å². The summed E-state index contributed by atoms with van der Waals surface area (Å²) in [6.07, 6.45) is 3.20. The first-order valence-electron chi connectivity index (χ1n) is 9.28. The molecule has 0 saturated heterocycles. The van der Waals surface area contributed by atoms with Crippen LogP contribution >= 0.6 is 23.4 Å². The maximum atomic E-state index is 6.20. The summed E-state index contributed by atoms with van der Waals surface area (Å²) in [6, 6.07) is 12.9. The number of ether oxygens (including phenoxy) is 1. The van der Waals surface area contributed by atoms with Gasteiger partial charge in [-0.15, -0.1) is 10.2 Å². The van der Waals surface area contributed by atoms with Crippen molar-refractivity contribution in [1.82, 2.24) is 14.9 Å². The van der Waals surface area contributed by atoms with E-state index in [1.54, 1.807) is 29.3 Å². The second kappa shape index (κ2) is 9.23. The lowest BCUT2D eigenvalue weighted by molar-refractivity contribution is 0.268. The highest BCUT2D eigenvalue weighted by Crippen LogP contribution is 2.29. The highest BCUT2D eigenvalue weighted by atomic mass is 35.5. The first-order chi connectivity index (χ1) is 14.7. The van der Waals surface area contributed by atoms with Gasteiger partial charge in [0.15, 0.2) is 5.76 Å². The number of thioether (sulfide) groups is 1. The fourth-order valence-corrected chi connectivity index (χ4v) is 3.64. The van der Waals surface area contributed by atoms with Gasteiger partial charge < -0.3 is 13.6 Å². The molecule has 30 heavy (non-hydrogen) atoms. The average Bonchev–Trinajstić information content (AvgIpc) is 3.47. The molecule has 9 heteroatoms. The Bertz CT molecular complexity index is 1130. The summed E-state index contributed by atoms with van der Waals surface area (Å²) in [5.74, 6) is 3.85. The van der Waals surface area contributed by atoms with E-state index in [0.29, 0.717) is 39.0 Å². The van der Waals surface area contributed by atoms with E-state index in [1.165, 1.54) is 11.8 Å². The van der Waals surface area contributed by atoms with E-state index >= 15 is 0 Å². The van der Waals surface area contributed by atoms with Crippen molar-refractivity contribution in [3.05, 3.63) is 70.8 Å². The topological polar surface area (TPSA) is 78.6 Å². The summed E-state index contributed by atoms with van der Waals surface area (Å²) in [7, 11) is 0. The molecule has 0 unspecified atom stereocenters. The molecule has 0 radical (unpaired) electrons. The molecule has 7 nitrogen and oxygen atoms in total. The number of aromatic nitrogens is 3. The van der Waals surface area contributed by atoms with Crippen LogP contribution in [-0.2, 0) is 6.61 Å². The number of furan rings is 2. The van der Waals surface area contributed by atoms with Crippen molar-refractivity contribution in [3.63, 3.8) is 0 Å². The number of hydrogen-bond donors (Lipinski definition) is 0. The van der Waals surface area contributed by atoms with Crippen LogP contribution in [0.2, 0.25) is 5.02 Å². The molecule has 0 saturated carbocycles. The molecule has 0 aliphatic heterocycles. The molecule has 0 spiro atoms. The van der Waals surface area contributed by atoms with E-state index in [2.05, 4.69) is 15.3 Å². The van der Waals surface area contributed by atoms with E-state index < -0.39 is 0 Å². The van der Waals surface area contributed by atoms with Crippen LogP contribution in [0.1, 0.15) is 24.0 Å². The zero-order valence-electron chi connectivity index (χ0n) is 16.4. The first-order valence-corrected chi connectivity index (χ1v) is 10.6. The quantitative estimate of drug-likeness (QED) is 0.258. The zero-order chi connectivity index (χ0) is 20.9. The van der Waals surface area contributed by atoms with Crippen LogP contribution in [0.4, 0.5) is 0 Å². The number of aryl methyl sites for hydroxylation is 1. The van der Waals surface area contributed by atoms with Gasteiger partial charge in [-0.25, -0.2) is 0 Å². The van der Waals surface area contributed by atoms with Gasteiger partial charge in [-0.2, -0.15) is 9.78 Å². The third-order valence-corrected chi connectivity index (χ3v) is 5.23. The summed E-state index contributed by atoms with van der Waals surface area (Å²) in [6.45, 7) is 4.25. The third-order valence-electron chi connectivity index (χ3n) is 4.13. The second-order valence-electron chi connectivity index (χ2n) is 6.25. The molecule has 154 valence electrons. The standard InChI is InChI=1S/C21H19ClN4O3S/c1-3-30-21-25-24-20(18-8-5-11-27-18)26(21)23-12-15-9-10-16(29-15)13-28-19-14(2)6-4-7-17(19)22/h4-12H,3,13H2,1-2H3/b23-12-. The molecule has 0 aliphatic carbocycles. The minimum Gasteiger partial charge on any atom is -0.484 e. The molecule has 3 heterocycles. The molecule has 0 fully saturated rings. The van der Waals surface area contributed by atoms with Gasteiger partial charge in [0.2, 0.25) is 11.0 Å². The molecular weight excluding hydrogens is 424 g/mol. The summed E-state index contributed by atoms with van der Waals surface area (Å²) in [4.78, 5) is 0. The largest absolute Gasteiger partial charge is 0.484 e. The highest BCUT2D eigenvalue weighted by Gasteiger charge is 2.15. The Labute approximate surface area is 182 Å². The van der Waals surface area contributed by atoms with Crippen molar-refractivity contribution in [3.8, 4) is 17.3 Å². The summed E-state index contributed by atoms with van der Waals surface area (Å²) >= 11 is 7.74. The van der Waals surface area contributed by atoms with Gasteiger partial charge in [0, 0.05) is 0 Å². The normalized spacial score (nSPS) is 11.4. The van der Waals surface area contributed by atoms with Crippen molar-refractivity contribution in [2.24, 2.45) is 5.10 Å². The Balaban J connectivity index is 1.51. The van der Waals surface area contributed by atoms with Gasteiger partial charge in [0.1, 0.15) is 23.9 Å². The number of hydrogen-bond acceptors (Lipinski definition) is 7. The minimum atomic E-state index is 0.264. The van der Waals surface area contributed by atoms with Gasteiger partial charge in [0.25, 0.3) is 0 Å². The highest BCUT2D eigenvalue weighted by molar-refractivity contribution is 7.99. The Morgan fingerprint density at radius 2 is 2.10 bits per heavy atom. The van der Waals surface area contributed by atoms with E-state index in [-0.39, 0.29) is 6.61 Å². The summed E-state index contributed by atoms with van der Waals surface area (Å²) in [5, 5.41) is 14.1. The maximum Gasteiger partial charge on any atom is 0.221 e. The van der Waals surface area contributed by atoms with E-state index in [4.69, 9.17) is 25.2 Å². The van der Waals surface area contributed by atoms with Crippen LogP contribution in [0, 0.1) is 6.92 Å². The molecule has 0 atom stereocenters. The minimum absolute atomic E-state index is 0.264. The molecule has 4 rings (SSSR count). The third kappa shape index (κ3) is 4.44. The molecule has 3 aromatic heterocycles. The number of benzene rings is 1. The fraction of sp³-hybridized carbons (Fsp3) is 0.190. The molecule has 4 aromatic rings. The number of halogens is 1. The van der Waals surface area contributed by atoms with Crippen molar-refractivity contribution >= 4 is 29.6 Å². The molecular formula is C21H19ClN4O3S. The molecule has 0 aliphatic rings. The zero-order valence-corrected chi connectivity index (χ0v) is 18.0. The van der Waals surface area contributed by atoms with Crippen molar-refractivity contribution in [1.29, 1.82) is 0 Å². The smallest absolute Gasteiger partial charge is 0.221 e. The van der Waals surface area contributed by atoms with E-state index in [1.807, 2.05) is 44.2 Å². The van der Waals surface area contributed by atoms with Crippen molar-refractivity contribution < 1.29 is 13.6 Å². The second-order valence-corrected chi connectivity index (χ2v) is 7.89. The van der Waals surface area contributed by atoms with Crippen LogP contribution < -0.4 is 4.74 Å². The fourth-order valence-electron chi connectivity index (χ4n) is 2.75. The SMILES string of the molecule is CCSc1nnc(-c2ccco2)n1/N=C\c1ccc(COc2c(C)cccc2Cl)o1. The van der Waals surface area contributed by atoms with Gasteiger partial charge in [-0.1, -0.05) is 42.4 Å². The van der Waals surface area contributed by atoms with Crippen LogP contribution in [0.3, 0.4) is 0 Å². The van der Waals surface area contributed by atoms with Gasteiger partial charge in [-0.05, 0) is 48.6 Å². The van der Waals surface area contributed by atoms with E-state index in [9.17, 15) is 0 Å². The van der Waals surface area contributed by atoms with Crippen LogP contribution in [-0.4, -0.2) is 26.8 Å². The van der Waals surface area contributed by atoms with E-state index in [0.717, 1.165) is 11.3 Å².